The second-order valence-corrected chi connectivity index (χ2v) is 6.25. The summed E-state index contributed by atoms with van der Waals surface area (Å²) in [5, 5.41) is 2.81. The molecule has 0 aliphatic rings. The van der Waals surface area contributed by atoms with Gasteiger partial charge in [-0.2, -0.15) is 0 Å². The molecule has 0 radical (unpaired) electrons. The van der Waals surface area contributed by atoms with E-state index in [9.17, 15) is 9.59 Å². The van der Waals surface area contributed by atoms with E-state index in [1.807, 2.05) is 44.2 Å². The number of nitrogens with zero attached hydrogens (tertiary/aromatic N) is 3. The van der Waals surface area contributed by atoms with Gasteiger partial charge in [-0.3, -0.25) is 14.0 Å². The van der Waals surface area contributed by atoms with Crippen molar-refractivity contribution in [3.05, 3.63) is 76.1 Å². The van der Waals surface area contributed by atoms with Crippen LogP contribution in [0.15, 0.2) is 53.6 Å². The molecule has 2 N–H and O–H groups in total. The van der Waals surface area contributed by atoms with Gasteiger partial charge in [0.25, 0.3) is 11.5 Å². The van der Waals surface area contributed by atoms with Gasteiger partial charge in [0.05, 0.1) is 17.1 Å². The molecule has 3 aromatic heterocycles. The number of fused-ring (bicyclic) bond motifs is 2. The van der Waals surface area contributed by atoms with Gasteiger partial charge < -0.3 is 10.3 Å². The number of H-pyrrole nitrogens is 1. The molecule has 1 amide bonds. The zero-order chi connectivity index (χ0) is 18.3. The minimum atomic E-state index is -0.480. The number of para-hydroxylation sites is 2. The predicted molar refractivity (Wildman–Crippen MR) is 98.2 cm³/mol. The molecule has 1 unspecified atom stereocenters. The Morgan fingerprint density at radius 2 is 2.04 bits per heavy atom. The van der Waals surface area contributed by atoms with Crippen LogP contribution in [0.5, 0.6) is 0 Å². The summed E-state index contributed by atoms with van der Waals surface area (Å²) in [5.74, 6) is 0.149. The fourth-order valence-corrected chi connectivity index (χ4v) is 2.86. The first kappa shape index (κ1) is 16.0. The maximum Gasteiger partial charge on any atom is 0.270 e. The number of nitrogens with one attached hydrogen (secondary N) is 2. The first-order valence-electron chi connectivity index (χ1n) is 8.26. The molecule has 1 atom stereocenters. The Hall–Kier alpha value is -3.48. The molecule has 0 bridgehead atoms. The van der Waals surface area contributed by atoms with Gasteiger partial charge in [-0.05, 0) is 37.6 Å². The van der Waals surface area contributed by atoms with Crippen molar-refractivity contribution in [1.82, 2.24) is 24.7 Å². The third kappa shape index (κ3) is 2.73. The smallest absolute Gasteiger partial charge is 0.270 e. The van der Waals surface area contributed by atoms with Crippen LogP contribution in [0.4, 0.5) is 0 Å². The topological polar surface area (TPSA) is 92.2 Å². The Morgan fingerprint density at radius 3 is 2.85 bits per heavy atom. The lowest BCUT2D eigenvalue weighted by molar-refractivity contribution is 0.0936. The molecule has 3 heterocycles. The van der Waals surface area contributed by atoms with Crippen molar-refractivity contribution in [1.29, 1.82) is 0 Å². The van der Waals surface area contributed by atoms with Crippen molar-refractivity contribution in [2.45, 2.75) is 19.9 Å². The van der Waals surface area contributed by atoms with Crippen molar-refractivity contribution in [2.75, 3.05) is 0 Å². The number of benzene rings is 1. The molecule has 130 valence electrons. The Labute approximate surface area is 148 Å². The molecule has 0 fully saturated rings. The number of aromatic nitrogens is 4. The van der Waals surface area contributed by atoms with Gasteiger partial charge in [0.15, 0.2) is 0 Å². The molecular formula is C19H17N5O2. The molecule has 0 saturated carbocycles. The Morgan fingerprint density at radius 1 is 1.23 bits per heavy atom. The van der Waals surface area contributed by atoms with Gasteiger partial charge in [0, 0.05) is 12.4 Å². The maximum atomic E-state index is 12.6. The number of pyridine rings is 1. The summed E-state index contributed by atoms with van der Waals surface area (Å²) < 4.78 is 1.39. The number of carbonyl (C=O) groups is 1. The van der Waals surface area contributed by atoms with Crippen LogP contribution in [0.3, 0.4) is 0 Å². The van der Waals surface area contributed by atoms with Gasteiger partial charge >= 0.3 is 0 Å². The lowest BCUT2D eigenvalue weighted by atomic mass is 10.2. The van der Waals surface area contributed by atoms with Crippen LogP contribution >= 0.6 is 0 Å². The fraction of sp³-hybridized carbons (Fsp3) is 0.158. The SMILES string of the molecule is Cc1ccc2ncc(C(=O)NC(C)c3nc4ccccc4[nH]3)c(=O)n2c1. The zero-order valence-corrected chi connectivity index (χ0v) is 14.4. The van der Waals surface area contributed by atoms with Crippen LogP contribution in [0.1, 0.15) is 34.7 Å². The molecule has 0 spiro atoms. The van der Waals surface area contributed by atoms with Crippen molar-refractivity contribution in [3.8, 4) is 0 Å². The van der Waals surface area contributed by atoms with E-state index in [2.05, 4.69) is 20.3 Å². The average molecular weight is 347 g/mol. The Balaban J connectivity index is 1.64. The number of amides is 1. The van der Waals surface area contributed by atoms with Crippen LogP contribution in [0, 0.1) is 6.92 Å². The van der Waals surface area contributed by atoms with Crippen LogP contribution < -0.4 is 10.9 Å². The van der Waals surface area contributed by atoms with Crippen molar-refractivity contribution < 1.29 is 4.79 Å². The van der Waals surface area contributed by atoms with Crippen molar-refractivity contribution in [2.24, 2.45) is 0 Å². The number of aryl methyl sites for hydroxylation is 1. The molecule has 4 aromatic rings. The van der Waals surface area contributed by atoms with E-state index in [0.717, 1.165) is 16.6 Å². The number of carbonyl (C=O) groups excluding carboxylic acids is 1. The molecule has 1 aromatic carbocycles. The fourth-order valence-electron chi connectivity index (χ4n) is 2.86. The first-order chi connectivity index (χ1) is 12.5. The summed E-state index contributed by atoms with van der Waals surface area (Å²) in [4.78, 5) is 37.1. The second-order valence-electron chi connectivity index (χ2n) is 6.25. The number of rotatable bonds is 3. The third-order valence-electron chi connectivity index (χ3n) is 4.26. The van der Waals surface area contributed by atoms with E-state index in [1.54, 1.807) is 12.3 Å². The molecule has 7 nitrogen and oxygen atoms in total. The van der Waals surface area contributed by atoms with E-state index in [4.69, 9.17) is 0 Å². The summed E-state index contributed by atoms with van der Waals surface area (Å²) in [6, 6.07) is 10.9. The van der Waals surface area contributed by atoms with Crippen LogP contribution in [-0.2, 0) is 0 Å². The molecule has 0 saturated heterocycles. The number of aromatic amines is 1. The molecular weight excluding hydrogens is 330 g/mol. The van der Waals surface area contributed by atoms with Crippen molar-refractivity contribution >= 4 is 22.6 Å². The number of hydrogen-bond acceptors (Lipinski definition) is 4. The summed E-state index contributed by atoms with van der Waals surface area (Å²) in [6.45, 7) is 3.69. The molecule has 0 aliphatic heterocycles. The molecule has 0 aliphatic carbocycles. The summed E-state index contributed by atoms with van der Waals surface area (Å²) >= 11 is 0. The quantitative estimate of drug-likeness (QED) is 0.595. The average Bonchev–Trinajstić information content (AvgIpc) is 3.07. The lowest BCUT2D eigenvalue weighted by Crippen LogP contribution is -2.33. The minimum absolute atomic E-state index is 0.00365. The van der Waals surface area contributed by atoms with Crippen molar-refractivity contribution in [3.63, 3.8) is 0 Å². The number of imidazole rings is 1. The highest BCUT2D eigenvalue weighted by Crippen LogP contribution is 2.15. The first-order valence-corrected chi connectivity index (χ1v) is 8.26. The van der Waals surface area contributed by atoms with Gasteiger partial charge in [-0.15, -0.1) is 0 Å². The predicted octanol–water partition coefficient (Wildman–Crippen LogP) is 2.37. The van der Waals surface area contributed by atoms with Gasteiger partial charge in [-0.25, -0.2) is 9.97 Å². The second kappa shape index (κ2) is 6.11. The standard InChI is InChI=1S/C19H17N5O2/c1-11-7-8-16-20-9-13(19(26)24(16)10-11)18(25)21-12(2)17-22-14-5-3-4-6-15(14)23-17/h3-10,12H,1-2H3,(H,21,25)(H,22,23). The Kier molecular flexibility index (Phi) is 3.76. The highest BCUT2D eigenvalue weighted by Gasteiger charge is 2.18. The largest absolute Gasteiger partial charge is 0.342 e. The normalized spacial score (nSPS) is 12.4. The zero-order valence-electron chi connectivity index (χ0n) is 14.4. The monoisotopic (exact) mass is 347 g/mol. The third-order valence-corrected chi connectivity index (χ3v) is 4.26. The molecule has 26 heavy (non-hydrogen) atoms. The van der Waals surface area contributed by atoms with E-state index < -0.39 is 11.5 Å². The van der Waals surface area contributed by atoms with Crippen LogP contribution in [-0.4, -0.2) is 25.3 Å². The van der Waals surface area contributed by atoms with Gasteiger partial charge in [0.2, 0.25) is 0 Å². The summed E-state index contributed by atoms with van der Waals surface area (Å²) in [7, 11) is 0. The number of hydrogen-bond donors (Lipinski definition) is 2. The molecule has 4 rings (SSSR count). The lowest BCUT2D eigenvalue weighted by Gasteiger charge is -2.11. The maximum absolute atomic E-state index is 12.6. The van der Waals surface area contributed by atoms with E-state index in [0.29, 0.717) is 11.5 Å². The highest BCUT2D eigenvalue weighted by molar-refractivity contribution is 5.94. The van der Waals surface area contributed by atoms with E-state index in [1.165, 1.54) is 10.6 Å². The summed E-state index contributed by atoms with van der Waals surface area (Å²) in [6.07, 6.45) is 2.98. The minimum Gasteiger partial charge on any atom is -0.342 e. The van der Waals surface area contributed by atoms with E-state index in [-0.39, 0.29) is 11.6 Å². The highest BCUT2D eigenvalue weighted by atomic mass is 16.2. The Bertz CT molecular complexity index is 1160. The van der Waals surface area contributed by atoms with E-state index >= 15 is 0 Å². The molecule has 7 heteroatoms. The van der Waals surface area contributed by atoms with Gasteiger partial charge in [-0.1, -0.05) is 18.2 Å². The van der Waals surface area contributed by atoms with Gasteiger partial charge in [0.1, 0.15) is 17.0 Å². The van der Waals surface area contributed by atoms with Crippen LogP contribution in [0.25, 0.3) is 16.7 Å². The van der Waals surface area contributed by atoms with Crippen LogP contribution in [0.2, 0.25) is 0 Å². The summed E-state index contributed by atoms with van der Waals surface area (Å²) in [5.41, 5.74) is 2.74.